The topological polar surface area (TPSA) is 75.0 Å². The van der Waals surface area contributed by atoms with Crippen molar-refractivity contribution in [1.82, 2.24) is 15.1 Å². The molecule has 2 heterocycles. The van der Waals surface area contributed by atoms with E-state index in [1.807, 2.05) is 30.1 Å². The van der Waals surface area contributed by atoms with Gasteiger partial charge in [0.15, 0.2) is 0 Å². The quantitative estimate of drug-likeness (QED) is 0.771. The average molecular weight is 402 g/mol. The molecule has 0 atom stereocenters. The van der Waals surface area contributed by atoms with Gasteiger partial charge >= 0.3 is 6.09 Å². The van der Waals surface area contributed by atoms with Crippen LogP contribution < -0.4 is 5.32 Å². The Hall–Kier alpha value is -2.54. The maximum atomic E-state index is 12.5. The smallest absolute Gasteiger partial charge is 0.409 e. The van der Waals surface area contributed by atoms with Crippen molar-refractivity contribution >= 4 is 23.0 Å². The van der Waals surface area contributed by atoms with E-state index in [9.17, 15) is 9.59 Å². The maximum Gasteiger partial charge on any atom is 0.409 e. The molecule has 0 aliphatic carbocycles. The van der Waals surface area contributed by atoms with Crippen LogP contribution in [-0.4, -0.2) is 61.1 Å². The van der Waals surface area contributed by atoms with Gasteiger partial charge in [-0.2, -0.15) is 0 Å². The van der Waals surface area contributed by atoms with Gasteiger partial charge in [0.1, 0.15) is 11.3 Å². The molecule has 7 nitrogen and oxygen atoms in total. The van der Waals surface area contributed by atoms with Gasteiger partial charge in [-0.1, -0.05) is 25.1 Å². The van der Waals surface area contributed by atoms with Crippen LogP contribution in [0.15, 0.2) is 28.7 Å². The second-order valence-corrected chi connectivity index (χ2v) is 7.55. The Morgan fingerprint density at radius 3 is 2.66 bits per heavy atom. The van der Waals surface area contributed by atoms with Crippen LogP contribution in [-0.2, 0) is 22.5 Å². The van der Waals surface area contributed by atoms with Gasteiger partial charge in [0, 0.05) is 43.0 Å². The Labute approximate surface area is 172 Å². The number of rotatable bonds is 7. The van der Waals surface area contributed by atoms with Crippen molar-refractivity contribution < 1.29 is 18.7 Å². The minimum absolute atomic E-state index is 0.00735. The van der Waals surface area contributed by atoms with E-state index in [1.165, 1.54) is 0 Å². The number of nitrogens with zero attached hydrogens (tertiary/aromatic N) is 2. The van der Waals surface area contributed by atoms with E-state index in [4.69, 9.17) is 9.15 Å². The van der Waals surface area contributed by atoms with E-state index < -0.39 is 0 Å². The molecule has 0 bridgehead atoms. The number of likely N-dealkylation sites (N-methyl/N-ethyl adjacent to an activating group) is 1. The molecular formula is C22H31N3O4. The van der Waals surface area contributed by atoms with Gasteiger partial charge in [-0.05, 0) is 32.9 Å². The second-order valence-electron chi connectivity index (χ2n) is 7.55. The van der Waals surface area contributed by atoms with Crippen LogP contribution in [0.5, 0.6) is 0 Å². The van der Waals surface area contributed by atoms with Crippen LogP contribution in [0.2, 0.25) is 0 Å². The van der Waals surface area contributed by atoms with Crippen LogP contribution >= 0.6 is 0 Å². The summed E-state index contributed by atoms with van der Waals surface area (Å²) in [6.45, 7) is 6.47. The number of likely N-dealkylation sites (tertiary alicyclic amines) is 1. The molecule has 158 valence electrons. The number of benzene rings is 1. The number of carbonyl (C=O) groups is 2. The van der Waals surface area contributed by atoms with Gasteiger partial charge in [0.25, 0.3) is 0 Å². The minimum atomic E-state index is -0.268. The zero-order valence-electron chi connectivity index (χ0n) is 17.6. The maximum absolute atomic E-state index is 12.5. The first-order chi connectivity index (χ1) is 14.0. The third-order valence-corrected chi connectivity index (χ3v) is 5.33. The lowest BCUT2D eigenvalue weighted by Gasteiger charge is -2.32. The molecule has 2 amide bonds. The molecule has 1 saturated heterocycles. The van der Waals surface area contributed by atoms with E-state index in [2.05, 4.69) is 18.3 Å². The summed E-state index contributed by atoms with van der Waals surface area (Å²) in [6, 6.07) is 8.13. The Morgan fingerprint density at radius 1 is 1.24 bits per heavy atom. The zero-order chi connectivity index (χ0) is 20.8. The second kappa shape index (κ2) is 9.78. The number of fused-ring (bicyclic) bond motifs is 1. The highest BCUT2D eigenvalue weighted by Crippen LogP contribution is 2.27. The molecule has 1 aromatic carbocycles. The molecule has 0 radical (unpaired) electrons. The summed E-state index contributed by atoms with van der Waals surface area (Å²) in [5, 5.41) is 4.22. The summed E-state index contributed by atoms with van der Waals surface area (Å²) in [5.74, 6) is 0.984. The van der Waals surface area contributed by atoms with Crippen LogP contribution in [0.1, 0.15) is 38.0 Å². The molecule has 1 aliphatic heterocycles. The largest absolute Gasteiger partial charge is 0.461 e. The molecule has 1 aliphatic rings. The SMILES string of the molecule is CCOC(=O)N1CCC(NC(=O)CN(C)Cc2c(CC)oc3ccccc23)CC1. The highest BCUT2D eigenvalue weighted by atomic mass is 16.6. The van der Waals surface area contributed by atoms with Crippen molar-refractivity contribution in [2.45, 2.75) is 45.7 Å². The first kappa shape index (κ1) is 21.2. The third-order valence-electron chi connectivity index (χ3n) is 5.33. The lowest BCUT2D eigenvalue weighted by molar-refractivity contribution is -0.123. The Kier molecular flexibility index (Phi) is 7.14. The highest BCUT2D eigenvalue weighted by Gasteiger charge is 2.25. The molecule has 0 unspecified atom stereocenters. The monoisotopic (exact) mass is 401 g/mol. The molecule has 2 aromatic rings. The number of amides is 2. The number of piperidine rings is 1. The lowest BCUT2D eigenvalue weighted by Crippen LogP contribution is -2.48. The van der Waals surface area contributed by atoms with Crippen molar-refractivity contribution in [2.24, 2.45) is 0 Å². The van der Waals surface area contributed by atoms with Crippen LogP contribution in [0.25, 0.3) is 11.0 Å². The number of nitrogens with one attached hydrogen (secondary N) is 1. The molecule has 3 rings (SSSR count). The number of hydrogen-bond donors (Lipinski definition) is 1. The number of aryl methyl sites for hydroxylation is 1. The summed E-state index contributed by atoms with van der Waals surface area (Å²) in [5.41, 5.74) is 2.05. The summed E-state index contributed by atoms with van der Waals surface area (Å²) in [7, 11) is 1.95. The highest BCUT2D eigenvalue weighted by molar-refractivity contribution is 5.82. The van der Waals surface area contributed by atoms with Crippen LogP contribution in [0.4, 0.5) is 4.79 Å². The van der Waals surface area contributed by atoms with E-state index in [1.54, 1.807) is 11.8 Å². The normalized spacial score (nSPS) is 15.1. The fourth-order valence-corrected chi connectivity index (χ4v) is 3.87. The fourth-order valence-electron chi connectivity index (χ4n) is 3.87. The van der Waals surface area contributed by atoms with Crippen molar-refractivity contribution in [3.05, 3.63) is 35.6 Å². The lowest BCUT2D eigenvalue weighted by atomic mass is 10.1. The van der Waals surface area contributed by atoms with Crippen molar-refractivity contribution in [1.29, 1.82) is 0 Å². The van der Waals surface area contributed by atoms with Gasteiger partial charge < -0.3 is 19.4 Å². The number of ether oxygens (including phenoxy) is 1. The van der Waals surface area contributed by atoms with E-state index >= 15 is 0 Å². The Bertz CT molecular complexity index is 840. The molecule has 0 spiro atoms. The van der Waals surface area contributed by atoms with Gasteiger partial charge in [0.05, 0.1) is 13.2 Å². The molecule has 1 N–H and O–H groups in total. The van der Waals surface area contributed by atoms with Crippen LogP contribution in [0, 0.1) is 0 Å². The molecule has 29 heavy (non-hydrogen) atoms. The van der Waals surface area contributed by atoms with Crippen molar-refractivity contribution in [3.63, 3.8) is 0 Å². The van der Waals surface area contributed by atoms with E-state index in [0.717, 1.165) is 41.6 Å². The standard InChI is InChI=1S/C22H31N3O4/c1-4-19-18(17-8-6-7-9-20(17)29-19)14-24(3)15-21(26)23-16-10-12-25(13-11-16)22(27)28-5-2/h6-9,16H,4-5,10-15H2,1-3H3,(H,23,26). The summed E-state index contributed by atoms with van der Waals surface area (Å²) >= 11 is 0. The molecule has 1 fully saturated rings. The van der Waals surface area contributed by atoms with Crippen molar-refractivity contribution in [3.8, 4) is 0 Å². The predicted molar refractivity (Wildman–Crippen MR) is 112 cm³/mol. The number of para-hydroxylation sites is 1. The molecule has 1 aromatic heterocycles. The summed E-state index contributed by atoms with van der Waals surface area (Å²) in [4.78, 5) is 28.0. The summed E-state index contributed by atoms with van der Waals surface area (Å²) < 4.78 is 11.0. The van der Waals surface area contributed by atoms with Gasteiger partial charge in [-0.3, -0.25) is 9.69 Å². The first-order valence-electron chi connectivity index (χ1n) is 10.4. The third kappa shape index (κ3) is 5.29. The average Bonchev–Trinajstić information content (AvgIpc) is 3.06. The minimum Gasteiger partial charge on any atom is -0.461 e. The zero-order valence-corrected chi connectivity index (χ0v) is 17.6. The van der Waals surface area contributed by atoms with Gasteiger partial charge in [-0.15, -0.1) is 0 Å². The Balaban J connectivity index is 1.50. The van der Waals surface area contributed by atoms with E-state index in [0.29, 0.717) is 32.8 Å². The number of furan rings is 1. The summed E-state index contributed by atoms with van der Waals surface area (Å²) in [6.07, 6.45) is 2.06. The molecule has 0 saturated carbocycles. The van der Waals surface area contributed by atoms with Crippen molar-refractivity contribution in [2.75, 3.05) is 33.3 Å². The van der Waals surface area contributed by atoms with Gasteiger partial charge in [0.2, 0.25) is 5.91 Å². The van der Waals surface area contributed by atoms with Gasteiger partial charge in [-0.25, -0.2) is 4.79 Å². The molecule has 7 heteroatoms. The van der Waals surface area contributed by atoms with Crippen LogP contribution in [0.3, 0.4) is 0 Å². The Morgan fingerprint density at radius 2 is 1.97 bits per heavy atom. The first-order valence-corrected chi connectivity index (χ1v) is 10.4. The number of carbonyl (C=O) groups excluding carboxylic acids is 2. The van der Waals surface area contributed by atoms with E-state index in [-0.39, 0.29) is 18.0 Å². The molecular weight excluding hydrogens is 370 g/mol. The number of hydrogen-bond acceptors (Lipinski definition) is 5. The fraction of sp³-hybridized carbons (Fsp3) is 0.545. The predicted octanol–water partition coefficient (Wildman–Crippen LogP) is 3.16.